The van der Waals surface area contributed by atoms with E-state index in [0.717, 1.165) is 35.9 Å². The van der Waals surface area contributed by atoms with E-state index in [4.69, 9.17) is 0 Å². The molecule has 0 aliphatic carbocycles. The lowest BCUT2D eigenvalue weighted by molar-refractivity contribution is 0.0746. The summed E-state index contributed by atoms with van der Waals surface area (Å²) < 4.78 is 0. The van der Waals surface area contributed by atoms with E-state index in [2.05, 4.69) is 32.5 Å². The smallest absolute Gasteiger partial charge is 0.253 e. The minimum Gasteiger partial charge on any atom is -0.365 e. The number of piperazine rings is 1. The minimum absolute atomic E-state index is 0.0937. The third kappa shape index (κ3) is 4.71. The number of amides is 1. The second-order valence-electron chi connectivity index (χ2n) is 7.26. The summed E-state index contributed by atoms with van der Waals surface area (Å²) >= 11 is 0. The van der Waals surface area contributed by atoms with E-state index in [0.29, 0.717) is 19.6 Å². The molecule has 2 aromatic carbocycles. The Bertz CT molecular complexity index is 933. The first-order chi connectivity index (χ1) is 14.2. The Kier molecular flexibility index (Phi) is 5.70. The molecule has 2 heterocycles. The van der Waals surface area contributed by atoms with Crippen LogP contribution in [0.5, 0.6) is 0 Å². The monoisotopic (exact) mass is 387 g/mol. The summed E-state index contributed by atoms with van der Waals surface area (Å²) in [6, 6.07) is 21.9. The van der Waals surface area contributed by atoms with E-state index in [1.165, 1.54) is 5.56 Å². The van der Waals surface area contributed by atoms with Crippen LogP contribution < -0.4 is 10.2 Å². The topological polar surface area (TPSA) is 61.4 Å². The summed E-state index contributed by atoms with van der Waals surface area (Å²) in [6.45, 7) is 5.61. The molecule has 6 nitrogen and oxygen atoms in total. The van der Waals surface area contributed by atoms with Gasteiger partial charge in [0.2, 0.25) is 0 Å². The Labute approximate surface area is 171 Å². The number of carbonyl (C=O) groups is 1. The highest BCUT2D eigenvalue weighted by molar-refractivity contribution is 5.94. The van der Waals surface area contributed by atoms with Gasteiger partial charge in [0, 0.05) is 38.3 Å². The van der Waals surface area contributed by atoms with Gasteiger partial charge in [0.25, 0.3) is 5.91 Å². The number of aromatic nitrogens is 2. The average Bonchev–Trinajstić information content (AvgIpc) is 2.79. The number of benzene rings is 2. The van der Waals surface area contributed by atoms with Crippen LogP contribution in [0.4, 0.5) is 11.6 Å². The summed E-state index contributed by atoms with van der Waals surface area (Å²) in [7, 11) is 0. The maximum absolute atomic E-state index is 12.7. The van der Waals surface area contributed by atoms with Gasteiger partial charge < -0.3 is 15.1 Å². The van der Waals surface area contributed by atoms with Crippen molar-refractivity contribution in [3.8, 4) is 0 Å². The fourth-order valence-corrected chi connectivity index (χ4v) is 3.39. The van der Waals surface area contributed by atoms with Crippen molar-refractivity contribution in [2.24, 2.45) is 0 Å². The molecule has 3 aromatic rings. The highest BCUT2D eigenvalue weighted by atomic mass is 16.2. The molecular weight excluding hydrogens is 362 g/mol. The summed E-state index contributed by atoms with van der Waals surface area (Å²) in [6.07, 6.45) is 0. The Morgan fingerprint density at radius 1 is 0.897 bits per heavy atom. The predicted molar refractivity (Wildman–Crippen MR) is 115 cm³/mol. The molecule has 4 rings (SSSR count). The number of hydrogen-bond donors (Lipinski definition) is 1. The standard InChI is InChI=1S/C23H25N5O/c1-18-7-9-20(10-8-18)23(29)28-15-13-27(14-16-28)22-12-11-21(25-26-22)24-17-19-5-3-2-4-6-19/h2-12H,13-17H2,1H3,(H,24,25). The van der Waals surface area contributed by atoms with E-state index < -0.39 is 0 Å². The van der Waals surface area contributed by atoms with Crippen molar-refractivity contribution in [2.45, 2.75) is 13.5 Å². The van der Waals surface area contributed by atoms with Gasteiger partial charge in [-0.2, -0.15) is 0 Å². The molecule has 0 unspecified atom stereocenters. The van der Waals surface area contributed by atoms with Crippen LogP contribution >= 0.6 is 0 Å². The number of anilines is 2. The fourth-order valence-electron chi connectivity index (χ4n) is 3.39. The van der Waals surface area contributed by atoms with Crippen LogP contribution in [0.3, 0.4) is 0 Å². The van der Waals surface area contributed by atoms with Crippen LogP contribution in [0.15, 0.2) is 66.7 Å². The molecule has 148 valence electrons. The molecule has 1 aromatic heterocycles. The predicted octanol–water partition coefficient (Wildman–Crippen LogP) is 3.36. The van der Waals surface area contributed by atoms with Crippen LogP contribution in [-0.2, 0) is 6.54 Å². The molecule has 1 fully saturated rings. The van der Waals surface area contributed by atoms with Crippen molar-refractivity contribution < 1.29 is 4.79 Å². The number of nitrogens with zero attached hydrogens (tertiary/aromatic N) is 4. The first-order valence-corrected chi connectivity index (χ1v) is 9.91. The molecule has 0 radical (unpaired) electrons. The first-order valence-electron chi connectivity index (χ1n) is 9.91. The van der Waals surface area contributed by atoms with Gasteiger partial charge in [0.15, 0.2) is 5.82 Å². The quantitative estimate of drug-likeness (QED) is 0.727. The lowest BCUT2D eigenvalue weighted by Gasteiger charge is -2.35. The van der Waals surface area contributed by atoms with E-state index in [1.807, 2.05) is 66.4 Å². The highest BCUT2D eigenvalue weighted by Gasteiger charge is 2.23. The molecule has 1 amide bonds. The Hall–Kier alpha value is -3.41. The number of carbonyl (C=O) groups excluding carboxylic acids is 1. The van der Waals surface area contributed by atoms with Gasteiger partial charge >= 0.3 is 0 Å². The lowest BCUT2D eigenvalue weighted by atomic mass is 10.1. The second kappa shape index (κ2) is 8.73. The van der Waals surface area contributed by atoms with Crippen LogP contribution in [0, 0.1) is 6.92 Å². The zero-order valence-corrected chi connectivity index (χ0v) is 16.6. The molecule has 1 aliphatic heterocycles. The van der Waals surface area contributed by atoms with Gasteiger partial charge in [-0.1, -0.05) is 48.0 Å². The number of aryl methyl sites for hydroxylation is 1. The second-order valence-corrected chi connectivity index (χ2v) is 7.26. The molecule has 6 heteroatoms. The molecule has 29 heavy (non-hydrogen) atoms. The maximum Gasteiger partial charge on any atom is 0.253 e. The lowest BCUT2D eigenvalue weighted by Crippen LogP contribution is -2.49. The Morgan fingerprint density at radius 3 is 2.28 bits per heavy atom. The van der Waals surface area contributed by atoms with Crippen molar-refractivity contribution in [3.63, 3.8) is 0 Å². The van der Waals surface area contributed by atoms with Crippen LogP contribution in [-0.4, -0.2) is 47.2 Å². The molecule has 1 N–H and O–H groups in total. The van der Waals surface area contributed by atoms with Crippen molar-refractivity contribution in [2.75, 3.05) is 36.4 Å². The Balaban J connectivity index is 1.30. The zero-order chi connectivity index (χ0) is 20.1. The van der Waals surface area contributed by atoms with Crippen molar-refractivity contribution in [1.29, 1.82) is 0 Å². The third-order valence-electron chi connectivity index (χ3n) is 5.16. The molecule has 0 spiro atoms. The largest absolute Gasteiger partial charge is 0.365 e. The molecule has 0 atom stereocenters. The number of hydrogen-bond acceptors (Lipinski definition) is 5. The van der Waals surface area contributed by atoms with E-state index >= 15 is 0 Å². The van der Waals surface area contributed by atoms with E-state index in [-0.39, 0.29) is 5.91 Å². The fraction of sp³-hybridized carbons (Fsp3) is 0.261. The normalized spacial score (nSPS) is 14.0. The molecular formula is C23H25N5O. The van der Waals surface area contributed by atoms with Crippen LogP contribution in [0.2, 0.25) is 0 Å². The van der Waals surface area contributed by atoms with Gasteiger partial charge in [0.1, 0.15) is 5.82 Å². The van der Waals surface area contributed by atoms with Gasteiger partial charge in [-0.05, 0) is 36.8 Å². The SMILES string of the molecule is Cc1ccc(C(=O)N2CCN(c3ccc(NCc4ccccc4)nn3)CC2)cc1. The molecule has 0 bridgehead atoms. The van der Waals surface area contributed by atoms with Gasteiger partial charge in [0.05, 0.1) is 0 Å². The van der Waals surface area contributed by atoms with Crippen LogP contribution in [0.1, 0.15) is 21.5 Å². The molecule has 1 aliphatic rings. The number of nitrogens with one attached hydrogen (secondary N) is 1. The van der Waals surface area contributed by atoms with Crippen molar-refractivity contribution in [3.05, 3.63) is 83.4 Å². The van der Waals surface area contributed by atoms with Crippen LogP contribution in [0.25, 0.3) is 0 Å². The molecule has 1 saturated heterocycles. The van der Waals surface area contributed by atoms with Crippen molar-refractivity contribution >= 4 is 17.5 Å². The van der Waals surface area contributed by atoms with Gasteiger partial charge in [-0.25, -0.2) is 0 Å². The Morgan fingerprint density at radius 2 is 1.62 bits per heavy atom. The van der Waals surface area contributed by atoms with Crippen molar-refractivity contribution in [1.82, 2.24) is 15.1 Å². The van der Waals surface area contributed by atoms with Gasteiger partial charge in [-0.3, -0.25) is 4.79 Å². The summed E-state index contributed by atoms with van der Waals surface area (Å²) in [5.74, 6) is 1.69. The first kappa shape index (κ1) is 18.9. The zero-order valence-electron chi connectivity index (χ0n) is 16.6. The maximum atomic E-state index is 12.7. The number of rotatable bonds is 5. The third-order valence-corrected chi connectivity index (χ3v) is 5.16. The van der Waals surface area contributed by atoms with Gasteiger partial charge in [-0.15, -0.1) is 10.2 Å². The minimum atomic E-state index is 0.0937. The van der Waals surface area contributed by atoms with E-state index in [1.54, 1.807) is 0 Å². The molecule has 0 saturated carbocycles. The average molecular weight is 387 g/mol. The van der Waals surface area contributed by atoms with E-state index in [9.17, 15) is 4.79 Å². The summed E-state index contributed by atoms with van der Waals surface area (Å²) in [5.41, 5.74) is 3.11. The highest BCUT2D eigenvalue weighted by Crippen LogP contribution is 2.16. The summed E-state index contributed by atoms with van der Waals surface area (Å²) in [5, 5.41) is 11.9. The summed E-state index contributed by atoms with van der Waals surface area (Å²) in [4.78, 5) is 16.7.